The largest absolute Gasteiger partial charge is 0.481 e. The summed E-state index contributed by atoms with van der Waals surface area (Å²) >= 11 is 0. The first kappa shape index (κ1) is 14.0. The number of hydrogen-bond acceptors (Lipinski definition) is 3. The van der Waals surface area contributed by atoms with E-state index in [1.165, 1.54) is 5.56 Å². The van der Waals surface area contributed by atoms with Crippen molar-refractivity contribution in [2.24, 2.45) is 11.8 Å². The summed E-state index contributed by atoms with van der Waals surface area (Å²) in [4.78, 5) is 6.55. The Hall–Kier alpha value is -1.09. The Bertz CT molecular complexity index is 333. The van der Waals surface area contributed by atoms with Gasteiger partial charge in [-0.15, -0.1) is 0 Å². The van der Waals surface area contributed by atoms with E-state index < -0.39 is 0 Å². The van der Waals surface area contributed by atoms with Gasteiger partial charge < -0.3 is 9.64 Å². The molecule has 2 atom stereocenters. The minimum Gasteiger partial charge on any atom is -0.481 e. The van der Waals surface area contributed by atoms with Crippen molar-refractivity contribution in [2.45, 2.75) is 26.8 Å². The van der Waals surface area contributed by atoms with E-state index in [-0.39, 0.29) is 0 Å². The molecule has 0 bridgehead atoms. The van der Waals surface area contributed by atoms with Crippen molar-refractivity contribution in [3.05, 3.63) is 23.9 Å². The molecule has 0 radical (unpaired) electrons. The van der Waals surface area contributed by atoms with Gasteiger partial charge in [0.05, 0.1) is 7.11 Å². The molecule has 0 N–H and O–H groups in total. The number of aromatic nitrogens is 1. The molecular formula is C14H24N2O. The van der Waals surface area contributed by atoms with Crippen LogP contribution < -0.4 is 4.74 Å². The van der Waals surface area contributed by atoms with Gasteiger partial charge in [-0.3, -0.25) is 0 Å². The molecule has 0 aliphatic rings. The van der Waals surface area contributed by atoms with Crippen LogP contribution in [0.3, 0.4) is 0 Å². The Kier molecular flexibility index (Phi) is 4.94. The van der Waals surface area contributed by atoms with Gasteiger partial charge in [0.15, 0.2) is 0 Å². The lowest BCUT2D eigenvalue weighted by atomic mass is 9.86. The maximum atomic E-state index is 5.09. The van der Waals surface area contributed by atoms with Crippen LogP contribution in [0.4, 0.5) is 0 Å². The Morgan fingerprint density at radius 3 is 2.18 bits per heavy atom. The molecule has 17 heavy (non-hydrogen) atoms. The second-order valence-corrected chi connectivity index (χ2v) is 5.15. The Morgan fingerprint density at radius 1 is 1.18 bits per heavy atom. The van der Waals surface area contributed by atoms with Crippen molar-refractivity contribution in [3.63, 3.8) is 0 Å². The van der Waals surface area contributed by atoms with E-state index >= 15 is 0 Å². The summed E-state index contributed by atoms with van der Waals surface area (Å²) < 4.78 is 5.09. The minimum atomic E-state index is 0.397. The summed E-state index contributed by atoms with van der Waals surface area (Å²) in [6, 6.07) is 4.43. The zero-order valence-corrected chi connectivity index (χ0v) is 11.8. The number of nitrogens with zero attached hydrogens (tertiary/aromatic N) is 2. The fourth-order valence-electron chi connectivity index (χ4n) is 2.12. The summed E-state index contributed by atoms with van der Waals surface area (Å²) in [5.74, 6) is 1.90. The van der Waals surface area contributed by atoms with E-state index in [9.17, 15) is 0 Å². The lowest BCUT2D eigenvalue weighted by Gasteiger charge is -2.32. The lowest BCUT2D eigenvalue weighted by Crippen LogP contribution is -2.28. The van der Waals surface area contributed by atoms with Crippen molar-refractivity contribution >= 4 is 0 Å². The molecule has 0 saturated carbocycles. The fraction of sp³-hybridized carbons (Fsp3) is 0.643. The molecule has 0 saturated heterocycles. The van der Waals surface area contributed by atoms with E-state index in [1.54, 1.807) is 7.11 Å². The SMILES string of the molecule is COc1ccc([C@@H]([C@H](C)C(C)C)N(C)C)cn1. The molecule has 1 aromatic heterocycles. The molecule has 0 spiro atoms. The normalized spacial score (nSPS) is 15.1. The molecule has 96 valence electrons. The van der Waals surface area contributed by atoms with Crippen molar-refractivity contribution in [2.75, 3.05) is 21.2 Å². The smallest absolute Gasteiger partial charge is 0.212 e. The van der Waals surface area contributed by atoms with E-state index in [2.05, 4.69) is 50.8 Å². The molecule has 0 aliphatic heterocycles. The van der Waals surface area contributed by atoms with Crippen LogP contribution in [0, 0.1) is 11.8 Å². The zero-order valence-electron chi connectivity index (χ0n) is 11.8. The minimum absolute atomic E-state index is 0.397. The predicted molar refractivity (Wildman–Crippen MR) is 71.2 cm³/mol. The van der Waals surface area contributed by atoms with Crippen LogP contribution in [0.1, 0.15) is 32.4 Å². The third-order valence-corrected chi connectivity index (χ3v) is 3.42. The molecule has 0 unspecified atom stereocenters. The van der Waals surface area contributed by atoms with Crippen LogP contribution in [0.25, 0.3) is 0 Å². The first-order valence-electron chi connectivity index (χ1n) is 6.13. The number of hydrogen-bond donors (Lipinski definition) is 0. The van der Waals surface area contributed by atoms with Gasteiger partial charge in [-0.25, -0.2) is 4.98 Å². The number of rotatable bonds is 5. The van der Waals surface area contributed by atoms with Crippen LogP contribution in [-0.4, -0.2) is 31.1 Å². The fourth-order valence-corrected chi connectivity index (χ4v) is 2.12. The Morgan fingerprint density at radius 2 is 1.82 bits per heavy atom. The zero-order chi connectivity index (χ0) is 13.0. The molecule has 3 nitrogen and oxygen atoms in total. The molecule has 1 heterocycles. The van der Waals surface area contributed by atoms with Gasteiger partial charge in [-0.05, 0) is 31.5 Å². The molecule has 0 fully saturated rings. The number of ether oxygens (including phenoxy) is 1. The molecule has 1 rings (SSSR count). The van der Waals surface area contributed by atoms with Crippen LogP contribution in [0.2, 0.25) is 0 Å². The third kappa shape index (κ3) is 3.43. The van der Waals surface area contributed by atoms with E-state index in [0.29, 0.717) is 23.8 Å². The highest BCUT2D eigenvalue weighted by Gasteiger charge is 2.24. The highest BCUT2D eigenvalue weighted by molar-refractivity contribution is 5.21. The predicted octanol–water partition coefficient (Wildman–Crippen LogP) is 2.99. The second-order valence-electron chi connectivity index (χ2n) is 5.15. The van der Waals surface area contributed by atoms with Gasteiger partial charge >= 0.3 is 0 Å². The van der Waals surface area contributed by atoms with Gasteiger partial charge in [0, 0.05) is 18.3 Å². The van der Waals surface area contributed by atoms with E-state index in [0.717, 1.165) is 0 Å². The molecule has 0 aromatic carbocycles. The maximum Gasteiger partial charge on any atom is 0.212 e. The molecule has 0 amide bonds. The van der Waals surface area contributed by atoms with Gasteiger partial charge in [0.2, 0.25) is 5.88 Å². The first-order chi connectivity index (χ1) is 7.97. The number of methoxy groups -OCH3 is 1. The first-order valence-corrected chi connectivity index (χ1v) is 6.13. The van der Waals surface area contributed by atoms with Crippen LogP contribution in [0.5, 0.6) is 5.88 Å². The van der Waals surface area contributed by atoms with Crippen molar-refractivity contribution < 1.29 is 4.74 Å². The summed E-state index contributed by atoms with van der Waals surface area (Å²) in [5.41, 5.74) is 1.25. The van der Waals surface area contributed by atoms with Crippen molar-refractivity contribution in [1.29, 1.82) is 0 Å². The van der Waals surface area contributed by atoms with Crippen LogP contribution >= 0.6 is 0 Å². The van der Waals surface area contributed by atoms with Crippen molar-refractivity contribution in [3.8, 4) is 5.88 Å². The quantitative estimate of drug-likeness (QED) is 0.786. The van der Waals surface area contributed by atoms with Gasteiger partial charge in [-0.2, -0.15) is 0 Å². The standard InChI is InChI=1S/C14H24N2O/c1-10(2)11(3)14(16(4)5)12-7-8-13(17-6)15-9-12/h7-11,14H,1-6H3/t11-,14-/m1/s1. The highest BCUT2D eigenvalue weighted by atomic mass is 16.5. The van der Waals surface area contributed by atoms with E-state index in [1.807, 2.05) is 12.3 Å². The average Bonchev–Trinajstić information content (AvgIpc) is 2.29. The number of pyridine rings is 1. The third-order valence-electron chi connectivity index (χ3n) is 3.42. The van der Waals surface area contributed by atoms with Crippen LogP contribution in [-0.2, 0) is 0 Å². The summed E-state index contributed by atoms with van der Waals surface area (Å²) in [5, 5.41) is 0. The molecular weight excluding hydrogens is 212 g/mol. The van der Waals surface area contributed by atoms with Crippen LogP contribution in [0.15, 0.2) is 18.3 Å². The van der Waals surface area contributed by atoms with Gasteiger partial charge in [0.1, 0.15) is 0 Å². The Balaban J connectivity index is 2.97. The van der Waals surface area contributed by atoms with Gasteiger partial charge in [-0.1, -0.05) is 26.8 Å². The molecule has 1 aromatic rings. The molecule has 3 heteroatoms. The Labute approximate surface area is 105 Å². The monoisotopic (exact) mass is 236 g/mol. The second kappa shape index (κ2) is 6.01. The van der Waals surface area contributed by atoms with Crippen molar-refractivity contribution in [1.82, 2.24) is 9.88 Å². The van der Waals surface area contributed by atoms with Gasteiger partial charge in [0.25, 0.3) is 0 Å². The highest BCUT2D eigenvalue weighted by Crippen LogP contribution is 2.31. The maximum absolute atomic E-state index is 5.09. The molecule has 0 aliphatic carbocycles. The lowest BCUT2D eigenvalue weighted by molar-refractivity contribution is 0.184. The van der Waals surface area contributed by atoms with E-state index in [4.69, 9.17) is 4.74 Å². The summed E-state index contributed by atoms with van der Waals surface area (Å²) in [6.45, 7) is 6.82. The summed E-state index contributed by atoms with van der Waals surface area (Å²) in [7, 11) is 5.88. The topological polar surface area (TPSA) is 25.4 Å². The average molecular weight is 236 g/mol. The summed E-state index contributed by atoms with van der Waals surface area (Å²) in [6.07, 6.45) is 1.92.